The minimum atomic E-state index is -0.310. The van der Waals surface area contributed by atoms with E-state index in [1.54, 1.807) is 0 Å². The fraction of sp³-hybridized carbons (Fsp3) is 0.304. The van der Waals surface area contributed by atoms with Gasteiger partial charge in [0, 0.05) is 23.8 Å². The molecule has 2 aromatic carbocycles. The highest BCUT2D eigenvalue weighted by Gasteiger charge is 2.32. The Balaban J connectivity index is 1.37. The standard InChI is InChI=1S/C23H22N4O2/c28-22(20-14-24-18-7-3-4-8-19(18)26-20)25-17-10-9-15-11-12-27(21(15)13-17)23(29)16-5-1-2-6-16/h3-4,7-10,13-14,16H,1-2,5-6,11-12H2,(H,25,28). The number of hydrogen-bond acceptors (Lipinski definition) is 4. The maximum atomic E-state index is 12.9. The molecule has 146 valence electrons. The molecule has 5 rings (SSSR count). The first-order valence-corrected chi connectivity index (χ1v) is 10.2. The van der Waals surface area contributed by atoms with E-state index in [1.165, 1.54) is 6.20 Å². The third-order valence-electron chi connectivity index (χ3n) is 5.89. The molecule has 6 nitrogen and oxygen atoms in total. The number of anilines is 2. The molecule has 1 saturated carbocycles. The van der Waals surface area contributed by atoms with Crippen molar-refractivity contribution in [3.8, 4) is 0 Å². The van der Waals surface area contributed by atoms with Crippen LogP contribution in [-0.2, 0) is 11.2 Å². The lowest BCUT2D eigenvalue weighted by Crippen LogP contribution is -2.33. The van der Waals surface area contributed by atoms with Crippen LogP contribution in [0.1, 0.15) is 41.7 Å². The van der Waals surface area contributed by atoms with Crippen molar-refractivity contribution in [2.75, 3.05) is 16.8 Å². The van der Waals surface area contributed by atoms with Crippen LogP contribution < -0.4 is 10.2 Å². The number of rotatable bonds is 3. The molecule has 1 N–H and O–H groups in total. The van der Waals surface area contributed by atoms with Gasteiger partial charge in [-0.25, -0.2) is 4.98 Å². The zero-order valence-electron chi connectivity index (χ0n) is 16.1. The number of carbonyl (C=O) groups is 2. The zero-order chi connectivity index (χ0) is 19.8. The highest BCUT2D eigenvalue weighted by Crippen LogP contribution is 2.35. The van der Waals surface area contributed by atoms with Gasteiger partial charge in [-0.15, -0.1) is 0 Å². The number of aromatic nitrogens is 2. The maximum Gasteiger partial charge on any atom is 0.275 e. The third kappa shape index (κ3) is 3.35. The van der Waals surface area contributed by atoms with E-state index in [1.807, 2.05) is 47.4 Å². The molecule has 2 amide bonds. The summed E-state index contributed by atoms with van der Waals surface area (Å²) in [6.45, 7) is 0.720. The van der Waals surface area contributed by atoms with Gasteiger partial charge in [-0.05, 0) is 49.1 Å². The number of nitrogens with one attached hydrogen (secondary N) is 1. The summed E-state index contributed by atoms with van der Waals surface area (Å²) in [7, 11) is 0. The van der Waals surface area contributed by atoms with Crippen molar-refractivity contribution >= 4 is 34.2 Å². The first kappa shape index (κ1) is 17.8. The Morgan fingerprint density at radius 2 is 1.83 bits per heavy atom. The number of benzene rings is 2. The molecule has 6 heteroatoms. The normalized spacial score (nSPS) is 16.2. The lowest BCUT2D eigenvalue weighted by molar-refractivity contribution is -0.122. The number of carbonyl (C=O) groups excluding carboxylic acids is 2. The second-order valence-electron chi connectivity index (χ2n) is 7.76. The van der Waals surface area contributed by atoms with Gasteiger partial charge in [0.1, 0.15) is 5.69 Å². The van der Waals surface area contributed by atoms with Crippen molar-refractivity contribution < 1.29 is 9.59 Å². The zero-order valence-corrected chi connectivity index (χ0v) is 16.1. The predicted octanol–water partition coefficient (Wildman–Crippen LogP) is 3.96. The Hall–Kier alpha value is -3.28. The molecular formula is C23H22N4O2. The summed E-state index contributed by atoms with van der Waals surface area (Å²) >= 11 is 0. The van der Waals surface area contributed by atoms with Crippen LogP contribution in [0.25, 0.3) is 11.0 Å². The van der Waals surface area contributed by atoms with Crippen molar-refractivity contribution in [2.24, 2.45) is 5.92 Å². The van der Waals surface area contributed by atoms with E-state index in [9.17, 15) is 9.59 Å². The van der Waals surface area contributed by atoms with Crippen LogP contribution in [0.5, 0.6) is 0 Å². The quantitative estimate of drug-likeness (QED) is 0.739. The molecule has 0 spiro atoms. The van der Waals surface area contributed by atoms with E-state index in [-0.39, 0.29) is 23.4 Å². The first-order chi connectivity index (χ1) is 14.2. The van der Waals surface area contributed by atoms with Crippen LogP contribution in [0.15, 0.2) is 48.7 Å². The lowest BCUT2D eigenvalue weighted by Gasteiger charge is -2.21. The van der Waals surface area contributed by atoms with Crippen molar-refractivity contribution in [3.63, 3.8) is 0 Å². The molecular weight excluding hydrogens is 364 g/mol. The largest absolute Gasteiger partial charge is 0.321 e. The number of fused-ring (bicyclic) bond motifs is 2. The van der Waals surface area contributed by atoms with Gasteiger partial charge in [0.15, 0.2) is 0 Å². The Labute approximate surface area is 169 Å². The second kappa shape index (κ2) is 7.28. The fourth-order valence-electron chi connectivity index (χ4n) is 4.34. The SMILES string of the molecule is O=C(Nc1ccc2c(c1)N(C(=O)C1CCCC1)CC2)c1cnc2ccccc2n1. The van der Waals surface area contributed by atoms with E-state index in [0.29, 0.717) is 11.2 Å². The summed E-state index contributed by atoms with van der Waals surface area (Å²) in [5.74, 6) is 0.0621. The summed E-state index contributed by atoms with van der Waals surface area (Å²) < 4.78 is 0. The van der Waals surface area contributed by atoms with Crippen LogP contribution in [0.2, 0.25) is 0 Å². The van der Waals surface area contributed by atoms with Gasteiger partial charge >= 0.3 is 0 Å². The van der Waals surface area contributed by atoms with Crippen molar-refractivity contribution in [2.45, 2.75) is 32.1 Å². The summed E-state index contributed by atoms with van der Waals surface area (Å²) in [6.07, 6.45) is 6.60. The van der Waals surface area contributed by atoms with E-state index in [0.717, 1.165) is 55.4 Å². The van der Waals surface area contributed by atoms with Gasteiger partial charge in [-0.2, -0.15) is 0 Å². The molecule has 0 saturated heterocycles. The number of para-hydroxylation sites is 2. The molecule has 2 aliphatic rings. The monoisotopic (exact) mass is 386 g/mol. The van der Waals surface area contributed by atoms with E-state index >= 15 is 0 Å². The van der Waals surface area contributed by atoms with E-state index < -0.39 is 0 Å². The molecule has 0 bridgehead atoms. The first-order valence-electron chi connectivity index (χ1n) is 10.2. The minimum absolute atomic E-state index is 0.145. The highest BCUT2D eigenvalue weighted by molar-refractivity contribution is 6.04. The maximum absolute atomic E-state index is 12.9. The van der Waals surface area contributed by atoms with Crippen LogP contribution in [0.4, 0.5) is 11.4 Å². The van der Waals surface area contributed by atoms with Gasteiger partial charge in [0.25, 0.3) is 5.91 Å². The topological polar surface area (TPSA) is 75.2 Å². The third-order valence-corrected chi connectivity index (χ3v) is 5.89. The molecule has 29 heavy (non-hydrogen) atoms. The van der Waals surface area contributed by atoms with Crippen LogP contribution >= 0.6 is 0 Å². The van der Waals surface area contributed by atoms with Gasteiger partial charge in [0.05, 0.1) is 17.2 Å². The van der Waals surface area contributed by atoms with Crippen molar-refractivity contribution in [1.82, 2.24) is 9.97 Å². The van der Waals surface area contributed by atoms with Gasteiger partial charge in [-0.3, -0.25) is 14.6 Å². The summed E-state index contributed by atoms with van der Waals surface area (Å²) in [6, 6.07) is 13.2. The molecule has 0 unspecified atom stereocenters. The molecule has 0 atom stereocenters. The number of amides is 2. The smallest absolute Gasteiger partial charge is 0.275 e. The predicted molar refractivity (Wildman–Crippen MR) is 112 cm³/mol. The second-order valence-corrected chi connectivity index (χ2v) is 7.76. The summed E-state index contributed by atoms with van der Waals surface area (Å²) in [5, 5.41) is 2.90. The van der Waals surface area contributed by atoms with Gasteiger partial charge in [-0.1, -0.05) is 31.0 Å². The molecule has 1 aliphatic heterocycles. The molecule has 1 aliphatic carbocycles. The molecule has 2 heterocycles. The molecule has 1 aromatic heterocycles. The summed E-state index contributed by atoms with van der Waals surface area (Å²) in [5.41, 5.74) is 4.44. The number of nitrogens with zero attached hydrogens (tertiary/aromatic N) is 3. The Morgan fingerprint density at radius 1 is 1.03 bits per heavy atom. The van der Waals surface area contributed by atoms with Gasteiger partial charge < -0.3 is 10.2 Å². The van der Waals surface area contributed by atoms with Crippen molar-refractivity contribution in [1.29, 1.82) is 0 Å². The van der Waals surface area contributed by atoms with Crippen LogP contribution in [0.3, 0.4) is 0 Å². The fourth-order valence-corrected chi connectivity index (χ4v) is 4.34. The van der Waals surface area contributed by atoms with Gasteiger partial charge in [0.2, 0.25) is 5.91 Å². The molecule has 1 fully saturated rings. The van der Waals surface area contributed by atoms with Crippen LogP contribution in [-0.4, -0.2) is 28.3 Å². The minimum Gasteiger partial charge on any atom is -0.321 e. The Morgan fingerprint density at radius 3 is 2.66 bits per heavy atom. The average Bonchev–Trinajstić information content (AvgIpc) is 3.43. The van der Waals surface area contributed by atoms with Crippen molar-refractivity contribution in [3.05, 3.63) is 59.9 Å². The van der Waals surface area contributed by atoms with Crippen LogP contribution in [0, 0.1) is 5.92 Å². The molecule has 0 radical (unpaired) electrons. The highest BCUT2D eigenvalue weighted by atomic mass is 16.2. The van der Waals surface area contributed by atoms with E-state index in [2.05, 4.69) is 15.3 Å². The van der Waals surface area contributed by atoms with E-state index in [4.69, 9.17) is 0 Å². The Bertz CT molecular complexity index is 1100. The lowest BCUT2D eigenvalue weighted by atomic mass is 10.1. The molecule has 3 aromatic rings. The summed E-state index contributed by atoms with van der Waals surface area (Å²) in [4.78, 5) is 36.2. The Kier molecular flexibility index (Phi) is 4.46. The average molecular weight is 386 g/mol. The number of hydrogen-bond donors (Lipinski definition) is 1.